The average Bonchev–Trinajstić information content (AvgIpc) is 2.56. The van der Waals surface area contributed by atoms with Crippen molar-refractivity contribution in [1.82, 2.24) is 4.37 Å². The molecule has 4 heteroatoms. The smallest absolute Gasteiger partial charge is 0.133 e. The first-order valence-electron chi connectivity index (χ1n) is 5.12. The predicted octanol–water partition coefficient (Wildman–Crippen LogP) is 3.77. The Balaban J connectivity index is 2.33. The van der Waals surface area contributed by atoms with Crippen molar-refractivity contribution in [3.63, 3.8) is 0 Å². The monoisotopic (exact) mass is 287 g/mol. The second-order valence-electron chi connectivity index (χ2n) is 4.82. The molecule has 0 N–H and O–H groups in total. The van der Waals surface area contributed by atoms with E-state index in [0.717, 1.165) is 17.3 Å². The Bertz CT molecular complexity index is 386. The van der Waals surface area contributed by atoms with Crippen LogP contribution in [0.1, 0.15) is 43.9 Å². The molecule has 1 saturated carbocycles. The van der Waals surface area contributed by atoms with Gasteiger partial charge in [0.25, 0.3) is 0 Å². The second kappa shape index (κ2) is 3.98. The van der Waals surface area contributed by atoms with E-state index in [1.165, 1.54) is 16.4 Å². The van der Waals surface area contributed by atoms with Crippen molar-refractivity contribution in [1.29, 1.82) is 0 Å². The molecule has 0 saturated heterocycles. The Morgan fingerprint density at radius 3 is 2.93 bits per heavy atom. The lowest BCUT2D eigenvalue weighted by atomic mass is 9.68. The number of ketones is 1. The Morgan fingerprint density at radius 1 is 1.60 bits per heavy atom. The summed E-state index contributed by atoms with van der Waals surface area (Å²) >= 11 is 5.02. The summed E-state index contributed by atoms with van der Waals surface area (Å²) in [6.45, 7) is 4.49. The molecular formula is C11H14BrNOS. The molecule has 1 atom stereocenters. The van der Waals surface area contributed by atoms with Gasteiger partial charge in [0.05, 0.1) is 10.7 Å². The summed E-state index contributed by atoms with van der Waals surface area (Å²) in [6, 6.07) is 0. The van der Waals surface area contributed by atoms with Crippen molar-refractivity contribution >= 4 is 33.2 Å². The molecule has 0 aromatic carbocycles. The van der Waals surface area contributed by atoms with Crippen molar-refractivity contribution in [3.05, 3.63) is 15.5 Å². The number of Topliss-reactive ketones (excluding diaryl/α,β-unsaturated/α-hetero) is 1. The third kappa shape index (κ3) is 2.16. The van der Waals surface area contributed by atoms with Crippen LogP contribution in [0, 0.1) is 5.41 Å². The molecule has 1 aliphatic carbocycles. The van der Waals surface area contributed by atoms with Crippen LogP contribution in [0.3, 0.4) is 0 Å². The molecule has 15 heavy (non-hydrogen) atoms. The summed E-state index contributed by atoms with van der Waals surface area (Å²) in [4.78, 5) is 12.8. The van der Waals surface area contributed by atoms with E-state index in [0.29, 0.717) is 18.1 Å². The maximum absolute atomic E-state index is 11.5. The average molecular weight is 288 g/mol. The normalized spacial score (nSPS) is 25.5. The second-order valence-corrected chi connectivity index (χ2v) is 6.51. The van der Waals surface area contributed by atoms with Crippen molar-refractivity contribution in [2.45, 2.75) is 39.0 Å². The Hall–Kier alpha value is -0.220. The Morgan fingerprint density at radius 2 is 2.33 bits per heavy atom. The summed E-state index contributed by atoms with van der Waals surface area (Å²) in [5.41, 5.74) is 0.211. The highest BCUT2D eigenvalue weighted by Gasteiger charge is 2.38. The number of hydrogen-bond donors (Lipinski definition) is 0. The van der Waals surface area contributed by atoms with Gasteiger partial charge in [-0.3, -0.25) is 4.79 Å². The molecule has 1 unspecified atom stereocenters. The predicted molar refractivity (Wildman–Crippen MR) is 65.2 cm³/mol. The molecular weight excluding hydrogens is 274 g/mol. The van der Waals surface area contributed by atoms with E-state index < -0.39 is 0 Å². The lowest BCUT2D eigenvalue weighted by Crippen LogP contribution is -2.30. The van der Waals surface area contributed by atoms with Crippen LogP contribution in [0.15, 0.2) is 10.7 Å². The first kappa shape index (κ1) is 11.3. The van der Waals surface area contributed by atoms with Gasteiger partial charge < -0.3 is 0 Å². The number of halogens is 1. The van der Waals surface area contributed by atoms with Crippen LogP contribution in [0.25, 0.3) is 0 Å². The van der Waals surface area contributed by atoms with Gasteiger partial charge in [0.1, 0.15) is 5.78 Å². The largest absolute Gasteiger partial charge is 0.300 e. The maximum atomic E-state index is 11.5. The highest BCUT2D eigenvalue weighted by atomic mass is 79.9. The van der Waals surface area contributed by atoms with Crippen LogP contribution < -0.4 is 0 Å². The summed E-state index contributed by atoms with van der Waals surface area (Å²) in [5.74, 6) is 0.722. The number of hydrogen-bond acceptors (Lipinski definition) is 3. The Labute approximate surface area is 102 Å². The van der Waals surface area contributed by atoms with E-state index in [4.69, 9.17) is 0 Å². The third-order valence-corrected chi connectivity index (χ3v) is 5.10. The molecule has 1 aliphatic rings. The van der Waals surface area contributed by atoms with E-state index in [1.54, 1.807) is 0 Å². The zero-order valence-corrected chi connectivity index (χ0v) is 11.3. The summed E-state index contributed by atoms with van der Waals surface area (Å²) in [7, 11) is 0. The highest BCUT2D eigenvalue weighted by molar-refractivity contribution is 9.10. The summed E-state index contributed by atoms with van der Waals surface area (Å²) in [6.07, 6.45) is 4.23. The molecule has 0 aliphatic heterocycles. The molecule has 0 amide bonds. The van der Waals surface area contributed by atoms with Crippen molar-refractivity contribution in [3.8, 4) is 0 Å². The highest BCUT2D eigenvalue weighted by Crippen LogP contribution is 2.48. The SMILES string of the molecule is CC1(C)CCC(=O)CC1c1sncc1Br. The lowest BCUT2D eigenvalue weighted by Gasteiger charge is -2.37. The van der Waals surface area contributed by atoms with Crippen molar-refractivity contribution in [2.75, 3.05) is 0 Å². The van der Waals surface area contributed by atoms with Gasteiger partial charge in [-0.25, -0.2) is 0 Å². The van der Waals surface area contributed by atoms with Crippen LogP contribution in [-0.2, 0) is 4.79 Å². The lowest BCUT2D eigenvalue weighted by molar-refractivity contribution is -0.122. The number of aromatic nitrogens is 1. The zero-order valence-electron chi connectivity index (χ0n) is 8.92. The number of carbonyl (C=O) groups is 1. The molecule has 0 spiro atoms. The molecule has 1 aromatic heterocycles. The maximum Gasteiger partial charge on any atom is 0.133 e. The van der Waals surface area contributed by atoms with Gasteiger partial charge in [-0.2, -0.15) is 4.37 Å². The van der Waals surface area contributed by atoms with Crippen LogP contribution in [0.2, 0.25) is 0 Å². The first-order valence-corrected chi connectivity index (χ1v) is 6.69. The van der Waals surface area contributed by atoms with Gasteiger partial charge >= 0.3 is 0 Å². The first-order chi connectivity index (χ1) is 7.00. The van der Waals surface area contributed by atoms with Crippen LogP contribution in [-0.4, -0.2) is 10.2 Å². The third-order valence-electron chi connectivity index (χ3n) is 3.29. The molecule has 0 radical (unpaired) electrons. The molecule has 1 heterocycles. The van der Waals surface area contributed by atoms with Gasteiger partial charge in [0, 0.05) is 23.6 Å². The van der Waals surface area contributed by atoms with Gasteiger partial charge in [-0.05, 0) is 39.3 Å². The number of nitrogens with zero attached hydrogens (tertiary/aromatic N) is 1. The van der Waals surface area contributed by atoms with Gasteiger partial charge in [0.15, 0.2) is 0 Å². The molecule has 2 nitrogen and oxygen atoms in total. The van der Waals surface area contributed by atoms with Crippen LogP contribution in [0.5, 0.6) is 0 Å². The fraction of sp³-hybridized carbons (Fsp3) is 0.636. The standard InChI is InChI=1S/C11H14BrNOS/c1-11(2)4-3-7(14)5-8(11)10-9(12)6-13-15-10/h6,8H,3-5H2,1-2H3. The van der Waals surface area contributed by atoms with E-state index >= 15 is 0 Å². The van der Waals surface area contributed by atoms with E-state index in [9.17, 15) is 4.79 Å². The molecule has 1 aromatic rings. The minimum Gasteiger partial charge on any atom is -0.300 e. The van der Waals surface area contributed by atoms with Crippen molar-refractivity contribution < 1.29 is 4.79 Å². The minimum atomic E-state index is 0.211. The van der Waals surface area contributed by atoms with Gasteiger partial charge in [-0.15, -0.1) is 0 Å². The Kier molecular flexibility index (Phi) is 2.99. The summed E-state index contributed by atoms with van der Waals surface area (Å²) in [5, 5.41) is 0. The number of rotatable bonds is 1. The van der Waals surface area contributed by atoms with Gasteiger partial charge in [-0.1, -0.05) is 13.8 Å². The molecule has 2 rings (SSSR count). The number of carbonyl (C=O) groups excluding carboxylic acids is 1. The van der Waals surface area contributed by atoms with E-state index in [1.807, 2.05) is 6.20 Å². The fourth-order valence-electron chi connectivity index (χ4n) is 2.16. The van der Waals surface area contributed by atoms with Crippen LogP contribution in [0.4, 0.5) is 0 Å². The van der Waals surface area contributed by atoms with E-state index in [-0.39, 0.29) is 5.41 Å². The molecule has 1 fully saturated rings. The topological polar surface area (TPSA) is 30.0 Å². The van der Waals surface area contributed by atoms with Gasteiger partial charge in [0.2, 0.25) is 0 Å². The van der Waals surface area contributed by atoms with E-state index in [2.05, 4.69) is 34.2 Å². The van der Waals surface area contributed by atoms with Crippen molar-refractivity contribution in [2.24, 2.45) is 5.41 Å². The zero-order chi connectivity index (χ0) is 11.1. The molecule has 0 bridgehead atoms. The fourth-order valence-corrected chi connectivity index (χ4v) is 3.83. The quantitative estimate of drug-likeness (QED) is 0.787. The minimum absolute atomic E-state index is 0.211. The molecule has 82 valence electrons. The van der Waals surface area contributed by atoms with Crippen LogP contribution >= 0.6 is 27.5 Å². The summed E-state index contributed by atoms with van der Waals surface area (Å²) < 4.78 is 5.23.